The average Bonchev–Trinajstić information content (AvgIpc) is 2.89. The van der Waals surface area contributed by atoms with Crippen molar-refractivity contribution in [1.29, 1.82) is 0 Å². The minimum Gasteiger partial charge on any atom is -0.310 e. The standard InChI is InChI=1S/C17H17F2NS/c1-2-20-17(13-8-7-11(18)9-15(13)19)14-10-21-16-6-4-3-5-12(14)16/h3-9,14,17,20H,2,10H2,1H3. The topological polar surface area (TPSA) is 12.0 Å². The normalized spacial score (nSPS) is 18.5. The summed E-state index contributed by atoms with van der Waals surface area (Å²) in [7, 11) is 0. The first kappa shape index (κ1) is 14.5. The number of nitrogens with one attached hydrogen (secondary N) is 1. The maximum atomic E-state index is 14.2. The second-order valence-corrected chi connectivity index (χ2v) is 6.22. The van der Waals surface area contributed by atoms with E-state index in [9.17, 15) is 8.78 Å². The Morgan fingerprint density at radius 2 is 2.05 bits per heavy atom. The van der Waals surface area contributed by atoms with E-state index >= 15 is 0 Å². The van der Waals surface area contributed by atoms with Crippen LogP contribution in [0, 0.1) is 11.6 Å². The van der Waals surface area contributed by atoms with Crippen LogP contribution in [-0.2, 0) is 0 Å². The van der Waals surface area contributed by atoms with Gasteiger partial charge in [-0.3, -0.25) is 0 Å². The molecule has 3 rings (SSSR count). The van der Waals surface area contributed by atoms with E-state index in [-0.39, 0.29) is 12.0 Å². The summed E-state index contributed by atoms with van der Waals surface area (Å²) < 4.78 is 27.3. The van der Waals surface area contributed by atoms with E-state index in [1.165, 1.54) is 16.5 Å². The number of halogens is 2. The fourth-order valence-electron chi connectivity index (χ4n) is 2.91. The third kappa shape index (κ3) is 2.83. The number of hydrogen-bond acceptors (Lipinski definition) is 2. The summed E-state index contributed by atoms with van der Waals surface area (Å²) in [5.41, 5.74) is 1.79. The molecular formula is C17H17F2NS. The zero-order valence-corrected chi connectivity index (χ0v) is 12.6. The lowest BCUT2D eigenvalue weighted by Gasteiger charge is -2.25. The van der Waals surface area contributed by atoms with Crippen molar-refractivity contribution in [2.75, 3.05) is 12.3 Å². The summed E-state index contributed by atoms with van der Waals surface area (Å²) in [5, 5.41) is 3.37. The van der Waals surface area contributed by atoms with Crippen LogP contribution in [0.2, 0.25) is 0 Å². The molecule has 0 saturated carbocycles. The Labute approximate surface area is 127 Å². The molecule has 1 N–H and O–H groups in total. The molecule has 1 heterocycles. The van der Waals surface area contributed by atoms with E-state index in [0.717, 1.165) is 18.4 Å². The van der Waals surface area contributed by atoms with Gasteiger partial charge in [0.2, 0.25) is 0 Å². The summed E-state index contributed by atoms with van der Waals surface area (Å²) in [6.07, 6.45) is 0. The molecule has 0 aliphatic carbocycles. The summed E-state index contributed by atoms with van der Waals surface area (Å²) >= 11 is 1.80. The van der Waals surface area contributed by atoms with Gasteiger partial charge in [0.1, 0.15) is 11.6 Å². The van der Waals surface area contributed by atoms with E-state index in [2.05, 4.69) is 17.4 Å². The van der Waals surface area contributed by atoms with Crippen LogP contribution in [-0.4, -0.2) is 12.3 Å². The second kappa shape index (κ2) is 6.16. The van der Waals surface area contributed by atoms with E-state index in [1.807, 2.05) is 19.1 Å². The van der Waals surface area contributed by atoms with E-state index in [0.29, 0.717) is 5.56 Å². The van der Waals surface area contributed by atoms with Gasteiger partial charge in [0, 0.05) is 34.2 Å². The van der Waals surface area contributed by atoms with Gasteiger partial charge in [-0.1, -0.05) is 31.2 Å². The molecule has 0 spiro atoms. The van der Waals surface area contributed by atoms with Gasteiger partial charge in [-0.2, -0.15) is 0 Å². The highest BCUT2D eigenvalue weighted by atomic mass is 32.2. The van der Waals surface area contributed by atoms with Crippen LogP contribution in [0.4, 0.5) is 8.78 Å². The fraction of sp³-hybridized carbons (Fsp3) is 0.294. The summed E-state index contributed by atoms with van der Waals surface area (Å²) in [6, 6.07) is 12.0. The molecule has 110 valence electrons. The Bertz CT molecular complexity index is 644. The molecule has 1 aliphatic rings. The molecule has 2 atom stereocenters. The Hall–Kier alpha value is -1.39. The maximum Gasteiger partial charge on any atom is 0.130 e. The summed E-state index contributed by atoms with van der Waals surface area (Å²) in [5.74, 6) is 0.0996. The fourth-order valence-corrected chi connectivity index (χ4v) is 4.20. The Morgan fingerprint density at radius 1 is 1.24 bits per heavy atom. The number of hydrogen-bond donors (Lipinski definition) is 1. The molecule has 1 nitrogen and oxygen atoms in total. The zero-order chi connectivity index (χ0) is 14.8. The van der Waals surface area contributed by atoms with Crippen LogP contribution in [0.1, 0.15) is 30.0 Å². The van der Waals surface area contributed by atoms with Crippen LogP contribution in [0.25, 0.3) is 0 Å². The summed E-state index contributed by atoms with van der Waals surface area (Å²) in [4.78, 5) is 1.26. The smallest absolute Gasteiger partial charge is 0.130 e. The van der Waals surface area contributed by atoms with Crippen LogP contribution in [0.5, 0.6) is 0 Å². The van der Waals surface area contributed by atoms with Crippen molar-refractivity contribution >= 4 is 11.8 Å². The van der Waals surface area contributed by atoms with Crippen molar-refractivity contribution in [2.45, 2.75) is 23.8 Å². The lowest BCUT2D eigenvalue weighted by Crippen LogP contribution is -2.28. The van der Waals surface area contributed by atoms with Gasteiger partial charge in [0.05, 0.1) is 0 Å². The minimum atomic E-state index is -0.535. The van der Waals surface area contributed by atoms with Crippen LogP contribution >= 0.6 is 11.8 Å². The maximum absolute atomic E-state index is 14.2. The SMILES string of the molecule is CCNC(c1ccc(F)cc1F)C1CSc2ccccc21. The van der Waals surface area contributed by atoms with Gasteiger partial charge in [-0.15, -0.1) is 11.8 Å². The summed E-state index contributed by atoms with van der Waals surface area (Å²) in [6.45, 7) is 2.74. The molecule has 0 fully saturated rings. The Morgan fingerprint density at radius 3 is 2.81 bits per heavy atom. The van der Waals surface area contributed by atoms with Crippen molar-refractivity contribution in [3.8, 4) is 0 Å². The first-order chi connectivity index (χ1) is 10.2. The van der Waals surface area contributed by atoms with Crippen molar-refractivity contribution < 1.29 is 8.78 Å². The molecule has 1 aliphatic heterocycles. The lowest BCUT2D eigenvalue weighted by molar-refractivity contribution is 0.457. The molecule has 0 amide bonds. The van der Waals surface area contributed by atoms with Crippen LogP contribution < -0.4 is 5.32 Å². The van der Waals surface area contributed by atoms with Gasteiger partial charge in [-0.25, -0.2) is 8.78 Å². The first-order valence-electron chi connectivity index (χ1n) is 7.10. The largest absolute Gasteiger partial charge is 0.310 e. The van der Waals surface area contributed by atoms with E-state index < -0.39 is 11.6 Å². The molecule has 21 heavy (non-hydrogen) atoms. The predicted octanol–water partition coefficient (Wildman–Crippen LogP) is 4.50. The highest BCUT2D eigenvalue weighted by molar-refractivity contribution is 7.99. The van der Waals surface area contributed by atoms with E-state index in [4.69, 9.17) is 0 Å². The van der Waals surface area contributed by atoms with E-state index in [1.54, 1.807) is 17.8 Å². The molecule has 4 heteroatoms. The highest BCUT2D eigenvalue weighted by Gasteiger charge is 2.32. The molecule has 0 bridgehead atoms. The van der Waals surface area contributed by atoms with Gasteiger partial charge >= 0.3 is 0 Å². The second-order valence-electron chi connectivity index (χ2n) is 5.16. The van der Waals surface area contributed by atoms with Gasteiger partial charge in [-0.05, 0) is 24.2 Å². The molecule has 2 unspecified atom stereocenters. The number of likely N-dealkylation sites (N-methyl/N-ethyl adjacent to an activating group) is 1. The monoisotopic (exact) mass is 305 g/mol. The molecule has 0 radical (unpaired) electrons. The van der Waals surface area contributed by atoms with Crippen molar-refractivity contribution in [3.05, 3.63) is 65.2 Å². The number of rotatable bonds is 4. The van der Waals surface area contributed by atoms with Crippen LogP contribution in [0.15, 0.2) is 47.4 Å². The molecule has 2 aromatic carbocycles. The number of thioether (sulfide) groups is 1. The van der Waals surface area contributed by atoms with Gasteiger partial charge in [0.15, 0.2) is 0 Å². The third-order valence-corrected chi connectivity index (χ3v) is 5.07. The third-order valence-electron chi connectivity index (χ3n) is 3.86. The molecule has 0 aromatic heterocycles. The lowest BCUT2D eigenvalue weighted by atomic mass is 9.88. The van der Waals surface area contributed by atoms with Crippen LogP contribution in [0.3, 0.4) is 0 Å². The highest BCUT2D eigenvalue weighted by Crippen LogP contribution is 2.45. The van der Waals surface area contributed by atoms with Gasteiger partial charge < -0.3 is 5.32 Å². The quantitative estimate of drug-likeness (QED) is 0.892. The number of benzene rings is 2. The Balaban J connectivity index is 1.99. The zero-order valence-electron chi connectivity index (χ0n) is 11.8. The van der Waals surface area contributed by atoms with Crippen molar-refractivity contribution in [1.82, 2.24) is 5.32 Å². The van der Waals surface area contributed by atoms with Crippen molar-refractivity contribution in [3.63, 3.8) is 0 Å². The molecular weight excluding hydrogens is 288 g/mol. The van der Waals surface area contributed by atoms with Crippen molar-refractivity contribution in [2.24, 2.45) is 0 Å². The number of fused-ring (bicyclic) bond motifs is 1. The predicted molar refractivity (Wildman–Crippen MR) is 82.7 cm³/mol. The Kier molecular flexibility index (Phi) is 4.27. The molecule has 2 aromatic rings. The minimum absolute atomic E-state index is 0.133. The molecule has 0 saturated heterocycles. The van der Waals surface area contributed by atoms with Gasteiger partial charge in [0.25, 0.3) is 0 Å². The first-order valence-corrected chi connectivity index (χ1v) is 8.09. The average molecular weight is 305 g/mol.